The lowest BCUT2D eigenvalue weighted by atomic mass is 10.2. The van der Waals surface area contributed by atoms with E-state index in [0.29, 0.717) is 6.54 Å². The lowest BCUT2D eigenvalue weighted by molar-refractivity contribution is 0.831. The van der Waals surface area contributed by atoms with Gasteiger partial charge in [0.2, 0.25) is 5.95 Å². The molecule has 0 fully saturated rings. The molecule has 0 bridgehead atoms. The summed E-state index contributed by atoms with van der Waals surface area (Å²) in [4.78, 5) is 19.4. The maximum absolute atomic E-state index is 4.63. The van der Waals surface area contributed by atoms with E-state index in [9.17, 15) is 0 Å². The largest absolute Gasteiger partial charge is 0.366 e. The predicted molar refractivity (Wildman–Crippen MR) is 99.5 cm³/mol. The second kappa shape index (κ2) is 8.19. The van der Waals surface area contributed by atoms with Gasteiger partial charge < -0.3 is 10.2 Å². The Morgan fingerprint density at radius 3 is 2.60 bits per heavy atom. The fourth-order valence-corrected chi connectivity index (χ4v) is 2.46. The van der Waals surface area contributed by atoms with E-state index in [1.54, 1.807) is 6.20 Å². The molecule has 0 aliphatic carbocycles. The molecule has 0 aliphatic rings. The zero-order chi connectivity index (χ0) is 17.5. The van der Waals surface area contributed by atoms with Crippen LogP contribution in [0.3, 0.4) is 0 Å². The number of nitrogens with one attached hydrogen (secondary N) is 1. The number of hydrogen-bond acceptors (Lipinski definition) is 6. The molecule has 1 N–H and O–H groups in total. The summed E-state index contributed by atoms with van der Waals surface area (Å²) in [5.41, 5.74) is 3.31. The minimum atomic E-state index is 0.685. The molecule has 0 spiro atoms. The first-order chi connectivity index (χ1) is 12.2. The van der Waals surface area contributed by atoms with Crippen LogP contribution in [0.25, 0.3) is 0 Å². The van der Waals surface area contributed by atoms with Gasteiger partial charge in [-0.25, -0.2) is 4.98 Å². The zero-order valence-corrected chi connectivity index (χ0v) is 14.6. The molecule has 0 atom stereocenters. The van der Waals surface area contributed by atoms with Gasteiger partial charge >= 0.3 is 0 Å². The summed E-state index contributed by atoms with van der Waals surface area (Å²) in [6, 6.07) is 9.99. The first-order valence-electron chi connectivity index (χ1n) is 8.29. The smallest absolute Gasteiger partial charge is 0.227 e. The standard InChI is InChI=1S/C19H22N6/c1-15-12-18(22-14-17-4-3-8-21-13-17)24-19(23-15)25(2)11-7-16-5-9-20-10-6-16/h3-6,8-10,12-13H,7,11,14H2,1-2H3,(H,22,23,24). The van der Waals surface area contributed by atoms with Crippen molar-refractivity contribution in [1.82, 2.24) is 19.9 Å². The molecule has 3 aromatic heterocycles. The molecule has 0 radical (unpaired) electrons. The highest BCUT2D eigenvalue weighted by Gasteiger charge is 2.08. The van der Waals surface area contributed by atoms with Gasteiger partial charge in [0.15, 0.2) is 0 Å². The van der Waals surface area contributed by atoms with E-state index in [1.165, 1.54) is 5.56 Å². The van der Waals surface area contributed by atoms with E-state index in [0.717, 1.165) is 36.0 Å². The van der Waals surface area contributed by atoms with Gasteiger partial charge in [0.25, 0.3) is 0 Å². The van der Waals surface area contributed by atoms with E-state index in [4.69, 9.17) is 0 Å². The normalized spacial score (nSPS) is 10.5. The summed E-state index contributed by atoms with van der Waals surface area (Å²) in [5.74, 6) is 1.55. The Kier molecular flexibility index (Phi) is 5.51. The lowest BCUT2D eigenvalue weighted by Gasteiger charge is -2.18. The monoisotopic (exact) mass is 334 g/mol. The number of aromatic nitrogens is 4. The zero-order valence-electron chi connectivity index (χ0n) is 14.6. The Balaban J connectivity index is 1.64. The highest BCUT2D eigenvalue weighted by atomic mass is 15.2. The van der Waals surface area contributed by atoms with Crippen molar-refractivity contribution >= 4 is 11.8 Å². The van der Waals surface area contributed by atoms with Gasteiger partial charge in [-0.05, 0) is 42.7 Å². The molecule has 0 unspecified atom stereocenters. The van der Waals surface area contributed by atoms with Crippen molar-refractivity contribution in [3.63, 3.8) is 0 Å². The van der Waals surface area contributed by atoms with E-state index in [1.807, 2.05) is 62.9 Å². The fourth-order valence-electron chi connectivity index (χ4n) is 2.46. The Bertz CT molecular complexity index is 792. The Hall–Kier alpha value is -3.02. The van der Waals surface area contributed by atoms with Crippen LogP contribution in [0.5, 0.6) is 0 Å². The van der Waals surface area contributed by atoms with Crippen LogP contribution in [0.1, 0.15) is 16.8 Å². The molecular weight excluding hydrogens is 312 g/mol. The van der Waals surface area contributed by atoms with Crippen molar-refractivity contribution in [2.75, 3.05) is 23.8 Å². The SMILES string of the molecule is Cc1cc(NCc2cccnc2)nc(N(C)CCc2ccncc2)n1. The maximum atomic E-state index is 4.63. The van der Waals surface area contributed by atoms with Gasteiger partial charge in [-0.15, -0.1) is 0 Å². The summed E-state index contributed by atoms with van der Waals surface area (Å²) in [5, 5.41) is 3.34. The topological polar surface area (TPSA) is 66.8 Å². The number of rotatable bonds is 7. The van der Waals surface area contributed by atoms with Crippen LogP contribution >= 0.6 is 0 Å². The van der Waals surface area contributed by atoms with Crippen LogP contribution in [0.4, 0.5) is 11.8 Å². The highest BCUT2D eigenvalue weighted by Crippen LogP contribution is 2.14. The molecule has 3 aromatic rings. The average Bonchev–Trinajstić information content (AvgIpc) is 2.66. The molecule has 3 heterocycles. The van der Waals surface area contributed by atoms with Gasteiger partial charge in [0, 0.05) is 56.7 Å². The van der Waals surface area contributed by atoms with Crippen molar-refractivity contribution in [1.29, 1.82) is 0 Å². The summed E-state index contributed by atoms with van der Waals surface area (Å²) in [6.45, 7) is 3.51. The quantitative estimate of drug-likeness (QED) is 0.717. The molecule has 0 aromatic carbocycles. The Morgan fingerprint density at radius 2 is 1.84 bits per heavy atom. The summed E-state index contributed by atoms with van der Waals surface area (Å²) in [6.07, 6.45) is 8.18. The minimum absolute atomic E-state index is 0.685. The van der Waals surface area contributed by atoms with E-state index >= 15 is 0 Å². The first kappa shape index (κ1) is 16.8. The minimum Gasteiger partial charge on any atom is -0.366 e. The van der Waals surface area contributed by atoms with Crippen LogP contribution in [-0.4, -0.2) is 33.5 Å². The molecule has 0 aliphatic heterocycles. The number of likely N-dealkylation sites (N-methyl/N-ethyl adjacent to an activating group) is 1. The van der Waals surface area contributed by atoms with E-state index in [-0.39, 0.29) is 0 Å². The molecule has 0 saturated heterocycles. The summed E-state index contributed by atoms with van der Waals surface area (Å²) < 4.78 is 0. The second-order valence-corrected chi connectivity index (χ2v) is 5.94. The van der Waals surface area contributed by atoms with Gasteiger partial charge in [-0.2, -0.15) is 4.98 Å². The molecule has 6 heteroatoms. The third kappa shape index (κ3) is 4.97. The van der Waals surface area contributed by atoms with Gasteiger partial charge in [-0.1, -0.05) is 6.07 Å². The van der Waals surface area contributed by atoms with Gasteiger partial charge in [-0.3, -0.25) is 9.97 Å². The molecule has 0 amide bonds. The second-order valence-electron chi connectivity index (χ2n) is 5.94. The van der Waals surface area contributed by atoms with Crippen LogP contribution in [-0.2, 0) is 13.0 Å². The van der Waals surface area contributed by atoms with Crippen molar-refractivity contribution in [2.45, 2.75) is 19.9 Å². The molecular formula is C19H22N6. The number of pyridine rings is 2. The summed E-state index contributed by atoms with van der Waals surface area (Å²) >= 11 is 0. The van der Waals surface area contributed by atoms with Gasteiger partial charge in [0.1, 0.15) is 5.82 Å². The van der Waals surface area contributed by atoms with Crippen LogP contribution < -0.4 is 10.2 Å². The third-order valence-electron chi connectivity index (χ3n) is 3.87. The predicted octanol–water partition coefficient (Wildman–Crippen LogP) is 2.87. The van der Waals surface area contributed by atoms with Crippen LogP contribution in [0, 0.1) is 6.92 Å². The van der Waals surface area contributed by atoms with Crippen molar-refractivity contribution < 1.29 is 0 Å². The Morgan fingerprint density at radius 1 is 1.00 bits per heavy atom. The van der Waals surface area contributed by atoms with Gasteiger partial charge in [0.05, 0.1) is 0 Å². The van der Waals surface area contributed by atoms with Crippen molar-refractivity contribution in [2.24, 2.45) is 0 Å². The third-order valence-corrected chi connectivity index (χ3v) is 3.87. The number of hydrogen-bond donors (Lipinski definition) is 1. The number of nitrogens with zero attached hydrogens (tertiary/aromatic N) is 5. The lowest BCUT2D eigenvalue weighted by Crippen LogP contribution is -2.23. The average molecular weight is 334 g/mol. The van der Waals surface area contributed by atoms with E-state index in [2.05, 4.69) is 30.2 Å². The number of aryl methyl sites for hydroxylation is 1. The molecule has 6 nitrogen and oxygen atoms in total. The van der Waals surface area contributed by atoms with E-state index < -0.39 is 0 Å². The maximum Gasteiger partial charge on any atom is 0.227 e. The molecule has 25 heavy (non-hydrogen) atoms. The van der Waals surface area contributed by atoms with Crippen molar-refractivity contribution in [3.05, 3.63) is 71.9 Å². The Labute approximate surface area is 148 Å². The first-order valence-corrected chi connectivity index (χ1v) is 8.29. The van der Waals surface area contributed by atoms with Crippen LogP contribution in [0.15, 0.2) is 55.1 Å². The van der Waals surface area contributed by atoms with Crippen LogP contribution in [0.2, 0.25) is 0 Å². The van der Waals surface area contributed by atoms with Crippen molar-refractivity contribution in [3.8, 4) is 0 Å². The highest BCUT2D eigenvalue weighted by molar-refractivity contribution is 5.43. The molecule has 3 rings (SSSR count). The number of anilines is 2. The molecule has 128 valence electrons. The summed E-state index contributed by atoms with van der Waals surface area (Å²) in [7, 11) is 2.01. The molecule has 0 saturated carbocycles. The fraction of sp³-hybridized carbons (Fsp3) is 0.263.